The van der Waals surface area contributed by atoms with Crippen LogP contribution in [0.25, 0.3) is 0 Å². The molecule has 0 heterocycles. The summed E-state index contributed by atoms with van der Waals surface area (Å²) in [6.07, 6.45) is 0.200. The molecule has 2 unspecified atom stereocenters. The number of aliphatic hydroxyl groups excluding tert-OH is 2. The normalized spacial score (nSPS) is 11.9. The average molecular weight is 2090 g/mol. The van der Waals surface area contributed by atoms with E-state index in [0.29, 0.717) is 95.1 Å². The first-order chi connectivity index (χ1) is 61.6. The summed E-state index contributed by atoms with van der Waals surface area (Å²) < 4.78 is 118. The molecule has 36 heteroatoms. The minimum absolute atomic E-state index is 0. The van der Waals surface area contributed by atoms with Gasteiger partial charge in [0.15, 0.2) is 11.6 Å². The Morgan fingerprint density at radius 1 is 0.271 bits per heavy atom. The van der Waals surface area contributed by atoms with Crippen molar-refractivity contribution in [3.8, 4) is 0 Å². The van der Waals surface area contributed by atoms with Crippen molar-refractivity contribution in [2.75, 3.05) is 174 Å². The molecule has 0 amide bonds. The van der Waals surface area contributed by atoms with Crippen molar-refractivity contribution in [1.29, 1.82) is 0 Å². The number of hydrogen-bond donors (Lipinski definition) is 2. The third-order valence-corrected chi connectivity index (χ3v) is 20.9. The highest BCUT2D eigenvalue weighted by Crippen LogP contribution is 2.46. The van der Waals surface area contributed by atoms with Crippen molar-refractivity contribution in [3.63, 3.8) is 0 Å². The number of aliphatic hydroxyl groups is 2. The van der Waals surface area contributed by atoms with Crippen molar-refractivity contribution < 1.29 is 163 Å². The van der Waals surface area contributed by atoms with E-state index in [0.717, 1.165) is 0 Å². The Morgan fingerprint density at radius 2 is 0.458 bits per heavy atom. The lowest BCUT2D eigenvalue weighted by molar-refractivity contribution is -0.0561. The molecule has 0 saturated carbocycles. The summed E-state index contributed by atoms with van der Waals surface area (Å²) in [4.78, 5) is 121. The maximum atomic E-state index is 12.4. The molecule has 2 atom stereocenters. The number of carbonyl (C=O) groups is 10. The predicted octanol–water partition coefficient (Wildman–Crippen LogP) is 21.9. The Morgan fingerprint density at radius 3 is 0.660 bits per heavy atom. The fourth-order valence-electron chi connectivity index (χ4n) is 10.8. The quantitative estimate of drug-likeness (QED) is 0.0158. The van der Waals surface area contributed by atoms with Gasteiger partial charge in [-0.05, 0) is 144 Å². The Hall–Kier alpha value is -8.90. The Kier molecular flexibility index (Phi) is 82.0. The summed E-state index contributed by atoms with van der Waals surface area (Å²) in [5.41, 5.74) is 0.181. The van der Waals surface area contributed by atoms with Gasteiger partial charge in [-0.2, -0.15) is 0 Å². The lowest BCUT2D eigenvalue weighted by Gasteiger charge is -2.25. The highest BCUT2D eigenvalue weighted by Gasteiger charge is 2.32. The van der Waals surface area contributed by atoms with Gasteiger partial charge >= 0.3 is 62.9 Å². The highest BCUT2D eigenvalue weighted by molar-refractivity contribution is 7.53. The van der Waals surface area contributed by atoms with Crippen LogP contribution in [0.2, 0.25) is 0 Å². The van der Waals surface area contributed by atoms with Crippen molar-refractivity contribution in [2.24, 2.45) is 43.3 Å². The van der Waals surface area contributed by atoms with E-state index in [-0.39, 0.29) is 210 Å². The number of Topliss-reactive ketones (excluding diaryl/α,β-unsaturated/α-hetero) is 2. The molecule has 5 rings (SSSR count). The summed E-state index contributed by atoms with van der Waals surface area (Å²) in [5, 5.41) is 18.3. The minimum atomic E-state index is -3.12. The standard InChI is InChI=1S/2C22H35O8P.C20H30O5.C19H28O6.C16H22O5.9CH4.2H2O/c2*1-8-29-31(7,25)30-16-22(4,5)15-28-20(24)18-11-9-17(10-12-18)19(23)27-14-21(2,3)13-26-6;1-19(2,13-23-5)11-17(21)15-7-9-16(10-8-15)18(22)12-25-20(3,4)14-24-6;1-18(2,10-20)12-24-16(21)14-6-8-15(9-7-14)17(22)25-13-19(3,4)11-23-5;1-11(2)21-15(19)13-7-5-12(6-8-13)14(18)20-10-16(3,4)9-17;;;;;;;;;;;/h2*9-12H,8,13-16H2,1-7H3;7-10H,11-14H2,1-6H3;6-9,20H,10-13H2,1-5H3;5-8,11,17H,9-10H2,1-4H3;9*1H4;2*1H2. The van der Waals surface area contributed by atoms with Crippen LogP contribution in [0.4, 0.5) is 0 Å². The van der Waals surface area contributed by atoms with Gasteiger partial charge < -0.3 is 106 Å². The SMILES string of the molecule is C.C.C.C.C.C.C.C.C.CC(C)OC(=O)c1ccc(C(=O)OCC(C)(C)CO)cc1.CCOP(C)(=O)OCC(C)(C)COC(=O)c1ccc(C(=O)OCC(C)(C)COC)cc1.CCOP(C)(=O)OCC(C)(C)COC(=O)c1ccc(C(=O)OCC(C)(C)COC)cc1.COCC(C)(C)CC(=O)c1ccc(C(=O)COC(C)(C)COC)cc1.COCC(C)(C)COC(=O)c1ccc(C(=O)OCC(C)(C)CO)cc1.O.O. The first-order valence-electron chi connectivity index (χ1n) is 43.6. The molecular formula is C108H190O34P2. The van der Waals surface area contributed by atoms with E-state index in [4.69, 9.17) is 94.6 Å². The lowest BCUT2D eigenvalue weighted by Crippen LogP contribution is -2.32. The zero-order valence-corrected chi connectivity index (χ0v) is 86.6. The van der Waals surface area contributed by atoms with Crippen molar-refractivity contribution in [3.05, 3.63) is 177 Å². The zero-order valence-electron chi connectivity index (χ0n) is 84.8. The van der Waals surface area contributed by atoms with E-state index >= 15 is 0 Å². The van der Waals surface area contributed by atoms with Gasteiger partial charge in [-0.15, -0.1) is 0 Å². The minimum Gasteiger partial charge on any atom is -0.461 e. The molecule has 0 aliphatic carbocycles. The largest absolute Gasteiger partial charge is 0.461 e. The van der Waals surface area contributed by atoms with E-state index in [9.17, 15) is 57.1 Å². The molecule has 5 aromatic rings. The van der Waals surface area contributed by atoms with E-state index in [2.05, 4.69) is 0 Å². The molecular weight excluding hydrogens is 1900 g/mol. The van der Waals surface area contributed by atoms with Crippen LogP contribution in [-0.2, 0) is 93.5 Å². The van der Waals surface area contributed by atoms with E-state index in [1.165, 1.54) is 110 Å². The van der Waals surface area contributed by atoms with Crippen molar-refractivity contribution in [1.82, 2.24) is 0 Å². The summed E-state index contributed by atoms with van der Waals surface area (Å²) >= 11 is 0. The van der Waals surface area contributed by atoms with Gasteiger partial charge in [-0.3, -0.25) is 18.7 Å². The fourth-order valence-corrected chi connectivity index (χ4v) is 13.1. The van der Waals surface area contributed by atoms with Crippen LogP contribution in [0, 0.1) is 43.3 Å². The first kappa shape index (κ1) is 158. The van der Waals surface area contributed by atoms with E-state index < -0.39 is 90.2 Å². The highest BCUT2D eigenvalue weighted by atomic mass is 31.2. The maximum absolute atomic E-state index is 12.4. The van der Waals surface area contributed by atoms with Gasteiger partial charge in [0.1, 0.15) is 6.61 Å². The van der Waals surface area contributed by atoms with Gasteiger partial charge in [-0.25, -0.2) is 38.4 Å². The molecule has 0 aliphatic heterocycles. The third kappa shape index (κ3) is 67.1. The molecule has 0 aliphatic rings. The number of rotatable bonds is 52. The number of carbonyl (C=O) groups excluding carboxylic acids is 10. The average Bonchev–Trinajstić information content (AvgIpc) is 0.860. The van der Waals surface area contributed by atoms with E-state index in [1.54, 1.807) is 115 Å². The summed E-state index contributed by atoms with van der Waals surface area (Å²) in [5.74, 6) is -3.94. The topological polar surface area (TPSA) is 474 Å². The number of esters is 8. The molecule has 0 radical (unpaired) electrons. The second-order valence-corrected chi connectivity index (χ2v) is 43.3. The van der Waals surface area contributed by atoms with Gasteiger partial charge in [-0.1, -0.05) is 202 Å². The summed E-state index contributed by atoms with van der Waals surface area (Å²) in [6, 6.07) is 31.0. The van der Waals surface area contributed by atoms with Crippen LogP contribution >= 0.6 is 15.2 Å². The smallest absolute Gasteiger partial charge is 0.338 e. The molecule has 34 nitrogen and oxygen atoms in total. The van der Waals surface area contributed by atoms with Crippen LogP contribution in [0.1, 0.15) is 329 Å². The molecule has 0 bridgehead atoms. The van der Waals surface area contributed by atoms with Gasteiger partial charge in [0.25, 0.3) is 0 Å². The molecule has 0 aromatic heterocycles. The van der Waals surface area contributed by atoms with Crippen LogP contribution < -0.4 is 0 Å². The van der Waals surface area contributed by atoms with Gasteiger partial charge in [0.2, 0.25) is 0 Å². The Labute approximate surface area is 864 Å². The molecule has 5 aromatic carbocycles. The first-order valence-corrected chi connectivity index (χ1v) is 47.6. The Bertz CT molecular complexity index is 4360. The van der Waals surface area contributed by atoms with Crippen molar-refractivity contribution >= 4 is 74.5 Å². The third-order valence-electron chi connectivity index (χ3n) is 18.3. The summed E-state index contributed by atoms with van der Waals surface area (Å²) in [6.45, 7) is 47.7. The lowest BCUT2D eigenvalue weighted by atomic mass is 9.86. The van der Waals surface area contributed by atoms with E-state index in [1.807, 2.05) is 96.9 Å². The zero-order chi connectivity index (χ0) is 102. The number of ketones is 2. The molecule has 0 fully saturated rings. The Balaban J connectivity index is -0.000000168. The van der Waals surface area contributed by atoms with Crippen LogP contribution in [0.5, 0.6) is 0 Å². The van der Waals surface area contributed by atoms with Crippen LogP contribution in [0.3, 0.4) is 0 Å². The number of benzene rings is 5. The van der Waals surface area contributed by atoms with Gasteiger partial charge in [0, 0.05) is 104 Å². The number of hydrogen-bond acceptors (Lipinski definition) is 32. The molecule has 144 heavy (non-hydrogen) atoms. The summed E-state index contributed by atoms with van der Waals surface area (Å²) in [7, 11) is 1.77. The monoisotopic (exact) mass is 2090 g/mol. The molecule has 6 N–H and O–H groups in total. The van der Waals surface area contributed by atoms with Crippen molar-refractivity contribution in [2.45, 2.75) is 237 Å². The fraction of sp³-hybridized carbons (Fsp3) is 0.630. The maximum Gasteiger partial charge on any atom is 0.338 e. The second kappa shape index (κ2) is 74.9. The van der Waals surface area contributed by atoms with Crippen LogP contribution in [0.15, 0.2) is 121 Å². The predicted molar refractivity (Wildman–Crippen MR) is 572 cm³/mol. The second-order valence-electron chi connectivity index (χ2n) is 39.2. The number of ether oxygens (including phenoxy) is 14. The van der Waals surface area contributed by atoms with Gasteiger partial charge in [0.05, 0.1) is 175 Å². The molecule has 0 spiro atoms. The van der Waals surface area contributed by atoms with Crippen LogP contribution in [-0.4, -0.2) is 267 Å². The molecule has 836 valence electrons. The molecule has 0 saturated heterocycles. The number of methoxy groups -OCH3 is 5.